The fourth-order valence-electron chi connectivity index (χ4n) is 5.99. The van der Waals surface area contributed by atoms with Crippen LogP contribution in [0.25, 0.3) is 0 Å². The number of hydrogen-bond donors (Lipinski definition) is 3. The number of phosphoric ester groups is 1. The summed E-state index contributed by atoms with van der Waals surface area (Å²) in [4.78, 5) is 23.1. The Morgan fingerprint density at radius 2 is 1.07 bits per heavy atom. The summed E-state index contributed by atoms with van der Waals surface area (Å²) >= 11 is 0. The molecule has 8 nitrogen and oxygen atoms in total. The maximum atomic E-state index is 12.9. The number of nitrogens with zero attached hydrogens (tertiary/aromatic N) is 1. The Morgan fingerprint density at radius 1 is 0.630 bits per heavy atom. The standard InChI is InChI=1S/C45H85N2O6P/c1-6-8-10-12-14-16-18-20-21-22-23-24-25-27-29-31-33-35-37-39-45(49)46-43(42-53-54(50,51)52-41-40-47(3,4)5)44(48)38-36-34-32-30-28-26-19-17-15-13-11-9-7-2/h14,16,18,20,28,30,36,38,43-44,48H,6-13,15,17,19,21-27,29,31-35,37,39-42H2,1-5H3,(H-,46,49,50,51)/p+1/b16-14-,20-18-,30-28+,38-36+. The average molecular weight is 782 g/mol. The molecule has 0 aliphatic carbocycles. The Hall–Kier alpha value is -1.54. The van der Waals surface area contributed by atoms with E-state index in [4.69, 9.17) is 9.05 Å². The smallest absolute Gasteiger partial charge is 0.387 e. The van der Waals surface area contributed by atoms with Crippen molar-refractivity contribution in [3.05, 3.63) is 48.6 Å². The molecule has 316 valence electrons. The monoisotopic (exact) mass is 782 g/mol. The number of nitrogens with one attached hydrogen (secondary N) is 1. The molecule has 0 aliphatic rings. The molecule has 0 aromatic carbocycles. The number of rotatable bonds is 39. The Labute approximate surface area is 333 Å². The van der Waals surface area contributed by atoms with Crippen molar-refractivity contribution in [2.24, 2.45) is 0 Å². The van der Waals surface area contributed by atoms with Gasteiger partial charge in [0.05, 0.1) is 39.9 Å². The van der Waals surface area contributed by atoms with Gasteiger partial charge in [-0.15, -0.1) is 0 Å². The van der Waals surface area contributed by atoms with Crippen molar-refractivity contribution in [3.63, 3.8) is 0 Å². The fourth-order valence-corrected chi connectivity index (χ4v) is 6.72. The molecular formula is C45H86N2O6P+. The molecule has 9 heteroatoms. The second kappa shape index (κ2) is 37.1. The molecule has 0 aromatic rings. The van der Waals surface area contributed by atoms with Gasteiger partial charge in [-0.2, -0.15) is 0 Å². The van der Waals surface area contributed by atoms with Crippen molar-refractivity contribution in [2.45, 2.75) is 193 Å². The summed E-state index contributed by atoms with van der Waals surface area (Å²) in [6.45, 7) is 4.74. The predicted molar refractivity (Wildman–Crippen MR) is 231 cm³/mol. The molecule has 0 saturated carbocycles. The van der Waals surface area contributed by atoms with Crippen molar-refractivity contribution in [3.8, 4) is 0 Å². The normalized spacial score (nSPS) is 14.9. The van der Waals surface area contributed by atoms with E-state index in [1.54, 1.807) is 6.08 Å². The molecule has 0 fully saturated rings. The van der Waals surface area contributed by atoms with Gasteiger partial charge >= 0.3 is 7.82 Å². The van der Waals surface area contributed by atoms with Crippen LogP contribution in [0.5, 0.6) is 0 Å². The van der Waals surface area contributed by atoms with Gasteiger partial charge in [-0.1, -0.05) is 165 Å². The highest BCUT2D eigenvalue weighted by atomic mass is 31.2. The number of hydrogen-bond acceptors (Lipinski definition) is 5. The summed E-state index contributed by atoms with van der Waals surface area (Å²) in [6.07, 6.45) is 46.0. The molecule has 54 heavy (non-hydrogen) atoms. The Bertz CT molecular complexity index is 1020. The van der Waals surface area contributed by atoms with Crippen LogP contribution in [0.2, 0.25) is 0 Å². The topological polar surface area (TPSA) is 105 Å². The summed E-state index contributed by atoms with van der Waals surface area (Å²) in [5.74, 6) is -0.194. The zero-order valence-electron chi connectivity index (χ0n) is 35.7. The van der Waals surface area contributed by atoms with Crippen LogP contribution in [-0.2, 0) is 18.4 Å². The summed E-state index contributed by atoms with van der Waals surface area (Å²) < 4.78 is 23.5. The number of unbranched alkanes of at least 4 members (excludes halogenated alkanes) is 21. The molecule has 0 radical (unpaired) electrons. The highest BCUT2D eigenvalue weighted by molar-refractivity contribution is 7.47. The highest BCUT2D eigenvalue weighted by Gasteiger charge is 2.27. The summed E-state index contributed by atoms with van der Waals surface area (Å²) in [6, 6.07) is -0.864. The van der Waals surface area contributed by atoms with E-state index in [1.807, 2.05) is 27.2 Å². The number of aliphatic hydroxyl groups is 1. The lowest BCUT2D eigenvalue weighted by Crippen LogP contribution is -2.45. The van der Waals surface area contributed by atoms with Crippen LogP contribution in [-0.4, -0.2) is 73.4 Å². The quantitative estimate of drug-likeness (QED) is 0.0189. The average Bonchev–Trinajstić information content (AvgIpc) is 3.12. The maximum Gasteiger partial charge on any atom is 0.472 e. The lowest BCUT2D eigenvalue weighted by atomic mass is 10.0. The minimum atomic E-state index is -4.34. The first-order valence-corrected chi connectivity index (χ1v) is 23.5. The van der Waals surface area contributed by atoms with Crippen molar-refractivity contribution in [1.82, 2.24) is 5.32 Å². The van der Waals surface area contributed by atoms with E-state index >= 15 is 0 Å². The van der Waals surface area contributed by atoms with E-state index in [1.165, 1.54) is 122 Å². The molecule has 0 heterocycles. The zero-order chi connectivity index (χ0) is 40.0. The molecule has 0 spiro atoms. The molecular weight excluding hydrogens is 695 g/mol. The Kier molecular flexibility index (Phi) is 36.0. The molecule has 0 bridgehead atoms. The van der Waals surface area contributed by atoms with E-state index in [-0.39, 0.29) is 19.1 Å². The number of amides is 1. The van der Waals surface area contributed by atoms with Crippen LogP contribution in [0.1, 0.15) is 181 Å². The number of carbonyl (C=O) groups is 1. The first-order valence-electron chi connectivity index (χ1n) is 22.0. The van der Waals surface area contributed by atoms with Gasteiger partial charge in [0.1, 0.15) is 13.2 Å². The summed E-state index contributed by atoms with van der Waals surface area (Å²) in [5, 5.41) is 13.8. The van der Waals surface area contributed by atoms with Crippen molar-refractivity contribution in [1.29, 1.82) is 0 Å². The predicted octanol–water partition coefficient (Wildman–Crippen LogP) is 12.1. The van der Waals surface area contributed by atoms with Crippen LogP contribution in [0.15, 0.2) is 48.6 Å². The second-order valence-electron chi connectivity index (χ2n) is 16.1. The van der Waals surface area contributed by atoms with Gasteiger partial charge in [-0.05, 0) is 57.8 Å². The molecule has 0 aromatic heterocycles. The van der Waals surface area contributed by atoms with Gasteiger partial charge in [0.25, 0.3) is 0 Å². The van der Waals surface area contributed by atoms with E-state index in [2.05, 4.69) is 55.6 Å². The molecule has 0 rings (SSSR count). The lowest BCUT2D eigenvalue weighted by molar-refractivity contribution is -0.870. The SMILES string of the molecule is CCCCC/C=C\C=C/CCCCCCCCCCCCC(=O)NC(COP(=O)(O)OCC[N+](C)(C)C)C(O)/C=C/CC/C=C/CCCCCCCCC. The zero-order valence-corrected chi connectivity index (χ0v) is 36.6. The van der Waals surface area contributed by atoms with Crippen LogP contribution < -0.4 is 5.32 Å². The van der Waals surface area contributed by atoms with Crippen LogP contribution in [0.3, 0.4) is 0 Å². The molecule has 3 N–H and O–H groups in total. The van der Waals surface area contributed by atoms with E-state index in [9.17, 15) is 19.4 Å². The first-order chi connectivity index (χ1) is 26.0. The highest BCUT2D eigenvalue weighted by Crippen LogP contribution is 2.43. The Morgan fingerprint density at radius 3 is 1.63 bits per heavy atom. The van der Waals surface area contributed by atoms with Crippen molar-refractivity contribution < 1.29 is 32.9 Å². The van der Waals surface area contributed by atoms with Crippen LogP contribution in [0.4, 0.5) is 0 Å². The number of likely N-dealkylation sites (N-methyl/N-ethyl adjacent to an activating group) is 1. The van der Waals surface area contributed by atoms with Gasteiger partial charge in [-0.25, -0.2) is 4.57 Å². The van der Waals surface area contributed by atoms with E-state index < -0.39 is 20.0 Å². The number of phosphoric acid groups is 1. The van der Waals surface area contributed by atoms with Crippen LogP contribution >= 0.6 is 7.82 Å². The third-order valence-electron chi connectivity index (χ3n) is 9.55. The Balaban J connectivity index is 4.44. The van der Waals surface area contributed by atoms with Gasteiger partial charge in [0.15, 0.2) is 0 Å². The van der Waals surface area contributed by atoms with E-state index in [0.29, 0.717) is 17.4 Å². The first kappa shape index (κ1) is 52.5. The minimum absolute atomic E-state index is 0.0542. The van der Waals surface area contributed by atoms with Gasteiger partial charge in [0.2, 0.25) is 5.91 Å². The summed E-state index contributed by atoms with van der Waals surface area (Å²) in [7, 11) is 1.55. The third kappa shape index (κ3) is 38.7. The maximum absolute atomic E-state index is 12.9. The van der Waals surface area contributed by atoms with Crippen LogP contribution in [0, 0.1) is 0 Å². The largest absolute Gasteiger partial charge is 0.472 e. The number of carbonyl (C=O) groups excluding carboxylic acids is 1. The van der Waals surface area contributed by atoms with Gasteiger partial charge < -0.3 is 19.8 Å². The number of quaternary nitrogens is 1. The number of aliphatic hydroxyl groups excluding tert-OH is 1. The van der Waals surface area contributed by atoms with E-state index in [0.717, 1.165) is 38.5 Å². The fraction of sp³-hybridized carbons (Fsp3) is 0.800. The van der Waals surface area contributed by atoms with Crippen molar-refractivity contribution in [2.75, 3.05) is 40.9 Å². The second-order valence-corrected chi connectivity index (χ2v) is 17.5. The summed E-state index contributed by atoms with van der Waals surface area (Å²) in [5.41, 5.74) is 0. The third-order valence-corrected chi connectivity index (χ3v) is 10.5. The van der Waals surface area contributed by atoms with Gasteiger partial charge in [-0.3, -0.25) is 13.8 Å². The minimum Gasteiger partial charge on any atom is -0.387 e. The van der Waals surface area contributed by atoms with Crippen molar-refractivity contribution >= 4 is 13.7 Å². The molecule has 0 aliphatic heterocycles. The molecule has 3 unspecified atom stereocenters. The van der Waals surface area contributed by atoms with Gasteiger partial charge in [0, 0.05) is 6.42 Å². The molecule has 1 amide bonds. The molecule has 0 saturated heterocycles. The molecule has 3 atom stereocenters. The lowest BCUT2D eigenvalue weighted by Gasteiger charge is -2.25. The number of allylic oxidation sites excluding steroid dienone is 7.